The van der Waals surface area contributed by atoms with Gasteiger partial charge in [0.25, 0.3) is 0 Å². The number of hydrogen-bond acceptors (Lipinski definition) is 2. The molecule has 0 aliphatic carbocycles. The lowest BCUT2D eigenvalue weighted by molar-refractivity contribution is -0.116. The first kappa shape index (κ1) is 11.1. The molecule has 0 aromatic heterocycles. The molecule has 1 aliphatic rings. The number of aryl methyl sites for hydroxylation is 1. The minimum atomic E-state index is -0.0922. The Hall–Kier alpha value is -1.96. The SMILES string of the molecule is CC(=O)C1N=C1CCc1ccc2ccccc2c1. The molecule has 1 atom stereocenters. The van der Waals surface area contributed by atoms with Crippen LogP contribution in [0.3, 0.4) is 0 Å². The van der Waals surface area contributed by atoms with Crippen LogP contribution in [0.25, 0.3) is 10.8 Å². The molecule has 18 heavy (non-hydrogen) atoms. The summed E-state index contributed by atoms with van der Waals surface area (Å²) in [6.07, 6.45) is 1.87. The Bertz CT molecular complexity index is 642. The minimum absolute atomic E-state index is 0.0922. The first-order valence-corrected chi connectivity index (χ1v) is 6.29. The first-order valence-electron chi connectivity index (χ1n) is 6.29. The van der Waals surface area contributed by atoms with Crippen molar-refractivity contribution < 1.29 is 4.79 Å². The molecule has 0 radical (unpaired) electrons. The van der Waals surface area contributed by atoms with Crippen LogP contribution >= 0.6 is 0 Å². The number of benzene rings is 2. The van der Waals surface area contributed by atoms with Gasteiger partial charge in [0, 0.05) is 5.71 Å². The normalized spacial score (nSPS) is 17.6. The third kappa shape index (κ3) is 2.19. The van der Waals surface area contributed by atoms with Gasteiger partial charge in [0.15, 0.2) is 5.78 Å². The van der Waals surface area contributed by atoms with Gasteiger partial charge in [0.2, 0.25) is 0 Å². The predicted octanol–water partition coefficient (Wildman–Crippen LogP) is 3.18. The van der Waals surface area contributed by atoms with E-state index in [2.05, 4.69) is 47.5 Å². The maximum atomic E-state index is 11.1. The Morgan fingerprint density at radius 3 is 2.61 bits per heavy atom. The summed E-state index contributed by atoms with van der Waals surface area (Å²) in [6.45, 7) is 1.61. The van der Waals surface area contributed by atoms with Crippen molar-refractivity contribution in [2.45, 2.75) is 25.8 Å². The number of nitrogens with zero attached hydrogens (tertiary/aromatic N) is 1. The van der Waals surface area contributed by atoms with Crippen molar-refractivity contribution in [3.63, 3.8) is 0 Å². The topological polar surface area (TPSA) is 29.4 Å². The zero-order valence-corrected chi connectivity index (χ0v) is 10.4. The summed E-state index contributed by atoms with van der Waals surface area (Å²) >= 11 is 0. The molecule has 2 aromatic rings. The van der Waals surface area contributed by atoms with Crippen molar-refractivity contribution in [3.05, 3.63) is 48.0 Å². The fourth-order valence-electron chi connectivity index (χ4n) is 2.32. The largest absolute Gasteiger partial charge is 0.297 e. The van der Waals surface area contributed by atoms with Crippen LogP contribution in [-0.4, -0.2) is 17.5 Å². The third-order valence-electron chi connectivity index (χ3n) is 3.41. The summed E-state index contributed by atoms with van der Waals surface area (Å²) in [5.41, 5.74) is 2.38. The minimum Gasteiger partial charge on any atom is -0.297 e. The Kier molecular flexibility index (Phi) is 2.71. The second kappa shape index (κ2) is 4.37. The highest BCUT2D eigenvalue weighted by Crippen LogP contribution is 2.20. The van der Waals surface area contributed by atoms with Gasteiger partial charge in [0.05, 0.1) is 0 Å². The Balaban J connectivity index is 1.68. The highest BCUT2D eigenvalue weighted by atomic mass is 16.1. The fourth-order valence-corrected chi connectivity index (χ4v) is 2.32. The standard InChI is InChI=1S/C16H15NO/c1-11(18)16-15(17-16)9-7-12-6-8-13-4-2-3-5-14(13)10-12/h2-6,8,10,16H,7,9H2,1H3. The van der Waals surface area contributed by atoms with Crippen molar-refractivity contribution in [2.24, 2.45) is 4.99 Å². The molecule has 1 aliphatic heterocycles. The van der Waals surface area contributed by atoms with E-state index in [1.54, 1.807) is 6.92 Å². The number of hydrogen-bond donors (Lipinski definition) is 0. The number of carbonyl (C=O) groups excluding carboxylic acids is 1. The first-order chi connectivity index (χ1) is 8.74. The summed E-state index contributed by atoms with van der Waals surface area (Å²) in [6, 6.07) is 14.8. The second-order valence-corrected chi connectivity index (χ2v) is 4.82. The van der Waals surface area contributed by atoms with Crippen LogP contribution in [0.15, 0.2) is 47.5 Å². The second-order valence-electron chi connectivity index (χ2n) is 4.82. The van der Waals surface area contributed by atoms with Crippen LogP contribution in [0.1, 0.15) is 18.9 Å². The molecule has 0 fully saturated rings. The predicted molar refractivity (Wildman–Crippen MR) is 74.2 cm³/mol. The van der Waals surface area contributed by atoms with Gasteiger partial charge in [-0.25, -0.2) is 0 Å². The van der Waals surface area contributed by atoms with E-state index in [9.17, 15) is 4.79 Å². The van der Waals surface area contributed by atoms with Crippen LogP contribution in [0.2, 0.25) is 0 Å². The van der Waals surface area contributed by atoms with Crippen LogP contribution in [0.4, 0.5) is 0 Å². The maximum Gasteiger partial charge on any atom is 0.159 e. The van der Waals surface area contributed by atoms with Crippen molar-refractivity contribution in [1.29, 1.82) is 0 Å². The zero-order valence-electron chi connectivity index (χ0n) is 10.4. The van der Waals surface area contributed by atoms with Crippen LogP contribution < -0.4 is 0 Å². The molecule has 0 N–H and O–H groups in total. The van der Waals surface area contributed by atoms with E-state index in [-0.39, 0.29) is 11.8 Å². The van der Waals surface area contributed by atoms with Gasteiger partial charge >= 0.3 is 0 Å². The molecule has 2 heteroatoms. The van der Waals surface area contributed by atoms with E-state index in [0.29, 0.717) is 0 Å². The molecule has 0 spiro atoms. The zero-order chi connectivity index (χ0) is 12.5. The molecule has 0 amide bonds. The number of Topliss-reactive ketones (excluding diaryl/α,β-unsaturated/α-hetero) is 1. The molecule has 3 rings (SSSR count). The highest BCUT2D eigenvalue weighted by molar-refractivity contribution is 6.17. The molecule has 1 unspecified atom stereocenters. The van der Waals surface area contributed by atoms with Crippen molar-refractivity contribution >= 4 is 22.3 Å². The molecule has 0 saturated heterocycles. The summed E-state index contributed by atoms with van der Waals surface area (Å²) in [7, 11) is 0. The summed E-state index contributed by atoms with van der Waals surface area (Å²) < 4.78 is 0. The average molecular weight is 237 g/mol. The number of ketones is 1. The monoisotopic (exact) mass is 237 g/mol. The number of carbonyl (C=O) groups is 1. The smallest absolute Gasteiger partial charge is 0.159 e. The molecule has 2 nitrogen and oxygen atoms in total. The Labute approximate surface area is 106 Å². The van der Waals surface area contributed by atoms with Crippen molar-refractivity contribution in [1.82, 2.24) is 0 Å². The maximum absolute atomic E-state index is 11.1. The molecule has 2 aromatic carbocycles. The van der Waals surface area contributed by atoms with E-state index in [1.165, 1.54) is 16.3 Å². The number of rotatable bonds is 4. The molecule has 1 heterocycles. The highest BCUT2D eigenvalue weighted by Gasteiger charge is 2.30. The van der Waals surface area contributed by atoms with Gasteiger partial charge in [-0.05, 0) is 36.1 Å². The molecule has 90 valence electrons. The van der Waals surface area contributed by atoms with E-state index in [0.717, 1.165) is 18.6 Å². The van der Waals surface area contributed by atoms with Gasteiger partial charge in [-0.2, -0.15) is 0 Å². The van der Waals surface area contributed by atoms with Gasteiger partial charge in [-0.1, -0.05) is 42.5 Å². The van der Waals surface area contributed by atoms with Gasteiger partial charge in [-0.15, -0.1) is 0 Å². The van der Waals surface area contributed by atoms with E-state index in [4.69, 9.17) is 0 Å². The van der Waals surface area contributed by atoms with E-state index in [1.807, 2.05) is 0 Å². The fraction of sp³-hybridized carbons (Fsp3) is 0.250. The van der Waals surface area contributed by atoms with Gasteiger partial charge < -0.3 is 0 Å². The quantitative estimate of drug-likeness (QED) is 0.803. The summed E-state index contributed by atoms with van der Waals surface area (Å²) in [5.74, 6) is 0.170. The van der Waals surface area contributed by atoms with Crippen molar-refractivity contribution in [3.8, 4) is 0 Å². The molecule has 0 bridgehead atoms. The molecule has 0 saturated carbocycles. The van der Waals surface area contributed by atoms with Gasteiger partial charge in [-0.3, -0.25) is 9.79 Å². The number of fused-ring (bicyclic) bond motifs is 1. The molecular formula is C16H15NO. The van der Waals surface area contributed by atoms with E-state index >= 15 is 0 Å². The van der Waals surface area contributed by atoms with Crippen LogP contribution in [-0.2, 0) is 11.2 Å². The Morgan fingerprint density at radius 1 is 1.11 bits per heavy atom. The Morgan fingerprint density at radius 2 is 1.89 bits per heavy atom. The lowest BCUT2D eigenvalue weighted by Crippen LogP contribution is -2.08. The van der Waals surface area contributed by atoms with Gasteiger partial charge in [0.1, 0.15) is 6.04 Å². The lowest BCUT2D eigenvalue weighted by Gasteiger charge is -2.02. The summed E-state index contributed by atoms with van der Waals surface area (Å²) in [5, 5.41) is 2.54. The lowest BCUT2D eigenvalue weighted by atomic mass is 10.0. The van der Waals surface area contributed by atoms with Crippen molar-refractivity contribution in [2.75, 3.05) is 0 Å². The third-order valence-corrected chi connectivity index (χ3v) is 3.41. The van der Waals surface area contributed by atoms with E-state index < -0.39 is 0 Å². The van der Waals surface area contributed by atoms with Crippen LogP contribution in [0, 0.1) is 0 Å². The average Bonchev–Trinajstić information content (AvgIpc) is 3.16. The van der Waals surface area contributed by atoms with Crippen LogP contribution in [0.5, 0.6) is 0 Å². The molecular weight excluding hydrogens is 222 g/mol. The number of aliphatic imine (C=N–C) groups is 1. The summed E-state index contributed by atoms with van der Waals surface area (Å²) in [4.78, 5) is 15.3.